The minimum atomic E-state index is -0.760. The molecule has 50 heavy (non-hydrogen) atoms. The molecule has 7 nitrogen and oxygen atoms in total. The number of benzene rings is 5. The number of urea groups is 1. The molecule has 0 radical (unpaired) electrons. The quantitative estimate of drug-likeness (QED) is 0.141. The molecule has 0 aromatic heterocycles. The summed E-state index contributed by atoms with van der Waals surface area (Å²) in [5, 5.41) is 2.45. The molecule has 8 rings (SSSR count). The summed E-state index contributed by atoms with van der Waals surface area (Å²) in [6.45, 7) is 4.21. The van der Waals surface area contributed by atoms with Crippen molar-refractivity contribution in [2.24, 2.45) is 0 Å². The van der Waals surface area contributed by atoms with Gasteiger partial charge in [0, 0.05) is 36.2 Å². The SMILES string of the molecule is Cc1cccc(COc2ccccc2/C=C2\C(=O)NC(=O)N(c3cc4c5c(c3)[C@H](c3ccccc3)CCN5CC[C@H]4c3ccccc3)C2=O)c1. The highest BCUT2D eigenvalue weighted by Crippen LogP contribution is 2.50. The maximum atomic E-state index is 14.4. The third-order valence-corrected chi connectivity index (χ3v) is 10.1. The Kier molecular flexibility index (Phi) is 8.25. The summed E-state index contributed by atoms with van der Waals surface area (Å²) < 4.78 is 6.17. The van der Waals surface area contributed by atoms with Crippen molar-refractivity contribution in [1.82, 2.24) is 5.32 Å². The second-order valence-corrected chi connectivity index (χ2v) is 13.2. The number of nitrogens with one attached hydrogen (secondary N) is 1. The number of hydrogen-bond acceptors (Lipinski definition) is 5. The van der Waals surface area contributed by atoms with Crippen LogP contribution >= 0.6 is 0 Å². The van der Waals surface area contributed by atoms with Crippen molar-refractivity contribution < 1.29 is 19.1 Å². The first kappa shape index (κ1) is 31.3. The summed E-state index contributed by atoms with van der Waals surface area (Å²) >= 11 is 0. The van der Waals surface area contributed by atoms with Crippen molar-refractivity contribution in [3.8, 4) is 5.75 Å². The number of amides is 4. The molecule has 0 bridgehead atoms. The first-order chi connectivity index (χ1) is 24.4. The van der Waals surface area contributed by atoms with Gasteiger partial charge in [-0.2, -0.15) is 0 Å². The molecule has 5 aromatic rings. The molecule has 3 aliphatic rings. The van der Waals surface area contributed by atoms with E-state index >= 15 is 0 Å². The number of anilines is 2. The van der Waals surface area contributed by atoms with E-state index in [2.05, 4.69) is 64.8 Å². The predicted octanol–water partition coefficient (Wildman–Crippen LogP) is 8.12. The minimum absolute atomic E-state index is 0.0905. The van der Waals surface area contributed by atoms with Crippen LogP contribution in [0.15, 0.2) is 127 Å². The standard InChI is InChI=1S/C43H37N3O4/c1-28-11-10-12-29(23-28)27-50-39-18-9-8-17-32(39)24-38-41(47)44-43(49)46(42(38)48)33-25-36-34(30-13-4-2-5-14-30)19-21-45-22-20-35(37(26-33)40(36)45)31-15-6-3-7-16-31/h2-18,23-26,34-35H,19-22,27H2,1H3,(H,44,47,49)/b38-24+/t34-,35-/m0/s1. The molecule has 5 aromatic carbocycles. The van der Waals surface area contributed by atoms with E-state index in [0.29, 0.717) is 23.6 Å². The van der Waals surface area contributed by atoms with Gasteiger partial charge in [-0.1, -0.05) is 109 Å². The van der Waals surface area contributed by atoms with E-state index in [-0.39, 0.29) is 17.4 Å². The van der Waals surface area contributed by atoms with Gasteiger partial charge in [-0.05, 0) is 71.9 Å². The predicted molar refractivity (Wildman–Crippen MR) is 195 cm³/mol. The van der Waals surface area contributed by atoms with Crippen LogP contribution in [0.3, 0.4) is 0 Å². The van der Waals surface area contributed by atoms with E-state index < -0.39 is 17.8 Å². The Hall–Kier alpha value is -5.95. The second-order valence-electron chi connectivity index (χ2n) is 13.2. The van der Waals surface area contributed by atoms with Crippen molar-refractivity contribution >= 4 is 35.3 Å². The lowest BCUT2D eigenvalue weighted by Gasteiger charge is -2.44. The Balaban J connectivity index is 1.21. The van der Waals surface area contributed by atoms with Crippen LogP contribution in [0, 0.1) is 6.92 Å². The first-order valence-corrected chi connectivity index (χ1v) is 17.2. The fourth-order valence-corrected chi connectivity index (χ4v) is 7.71. The molecule has 248 valence electrons. The summed E-state index contributed by atoms with van der Waals surface area (Å²) in [5.74, 6) is -0.699. The van der Waals surface area contributed by atoms with E-state index in [9.17, 15) is 14.4 Å². The van der Waals surface area contributed by atoms with Gasteiger partial charge in [-0.25, -0.2) is 9.69 Å². The normalized spacial score (nSPS) is 19.3. The van der Waals surface area contributed by atoms with Crippen LogP contribution in [0.5, 0.6) is 5.75 Å². The number of barbiturate groups is 1. The molecule has 3 aliphatic heterocycles. The fourth-order valence-electron chi connectivity index (χ4n) is 7.71. The number of aryl methyl sites for hydroxylation is 1. The number of nitrogens with zero attached hydrogens (tertiary/aromatic N) is 2. The zero-order valence-corrected chi connectivity index (χ0v) is 27.8. The second kappa shape index (κ2) is 13.2. The molecule has 0 unspecified atom stereocenters. The molecule has 7 heteroatoms. The van der Waals surface area contributed by atoms with E-state index in [1.807, 2.05) is 67.6 Å². The lowest BCUT2D eigenvalue weighted by molar-refractivity contribution is -0.122. The third-order valence-electron chi connectivity index (χ3n) is 10.1. The highest BCUT2D eigenvalue weighted by Gasteiger charge is 2.40. The average Bonchev–Trinajstić information content (AvgIpc) is 3.14. The molecule has 1 saturated heterocycles. The van der Waals surface area contributed by atoms with Crippen molar-refractivity contribution in [2.75, 3.05) is 22.9 Å². The lowest BCUT2D eigenvalue weighted by Crippen LogP contribution is -2.54. The van der Waals surface area contributed by atoms with Crippen molar-refractivity contribution in [3.63, 3.8) is 0 Å². The van der Waals surface area contributed by atoms with E-state index in [1.54, 1.807) is 6.07 Å². The first-order valence-electron chi connectivity index (χ1n) is 17.2. The third kappa shape index (κ3) is 5.85. The zero-order chi connectivity index (χ0) is 34.2. The van der Waals surface area contributed by atoms with Crippen LogP contribution in [0.1, 0.15) is 63.6 Å². The van der Waals surface area contributed by atoms with Gasteiger partial charge in [0.15, 0.2) is 0 Å². The molecule has 1 fully saturated rings. The van der Waals surface area contributed by atoms with Crippen LogP contribution < -0.4 is 19.9 Å². The van der Waals surface area contributed by atoms with Gasteiger partial charge in [0.25, 0.3) is 11.8 Å². The molecular formula is C43H37N3O4. The number of carbonyl (C=O) groups excluding carboxylic acids is 3. The Labute approximate surface area is 291 Å². The number of para-hydroxylation sites is 1. The Bertz CT molecular complexity index is 2070. The number of ether oxygens (including phenoxy) is 1. The van der Waals surface area contributed by atoms with Crippen molar-refractivity contribution in [3.05, 3.63) is 166 Å². The molecule has 3 heterocycles. The van der Waals surface area contributed by atoms with E-state index in [1.165, 1.54) is 22.9 Å². The number of hydrogen-bond donors (Lipinski definition) is 1. The van der Waals surface area contributed by atoms with Crippen molar-refractivity contribution in [1.29, 1.82) is 0 Å². The van der Waals surface area contributed by atoms with Crippen LogP contribution in [0.25, 0.3) is 6.08 Å². The summed E-state index contributed by atoms with van der Waals surface area (Å²) in [6, 6.07) is 39.4. The van der Waals surface area contributed by atoms with E-state index in [0.717, 1.165) is 53.1 Å². The van der Waals surface area contributed by atoms with Crippen LogP contribution in [-0.2, 0) is 16.2 Å². The number of rotatable bonds is 7. The maximum Gasteiger partial charge on any atom is 0.335 e. The van der Waals surface area contributed by atoms with Gasteiger partial charge >= 0.3 is 6.03 Å². The number of imide groups is 2. The van der Waals surface area contributed by atoms with Gasteiger partial charge in [0.2, 0.25) is 0 Å². The fraction of sp³-hybridized carbons (Fsp3) is 0.186. The van der Waals surface area contributed by atoms with Crippen molar-refractivity contribution in [2.45, 2.75) is 38.2 Å². The van der Waals surface area contributed by atoms with Gasteiger partial charge < -0.3 is 9.64 Å². The van der Waals surface area contributed by atoms with Gasteiger partial charge in [0.1, 0.15) is 17.9 Å². The summed E-state index contributed by atoms with van der Waals surface area (Å²) in [6.07, 6.45) is 3.35. The molecular weight excluding hydrogens is 622 g/mol. The molecule has 4 amide bonds. The van der Waals surface area contributed by atoms with Crippen LogP contribution in [-0.4, -0.2) is 30.9 Å². The Morgan fingerprint density at radius 3 is 2.00 bits per heavy atom. The smallest absolute Gasteiger partial charge is 0.335 e. The topological polar surface area (TPSA) is 79.0 Å². The molecule has 0 aliphatic carbocycles. The zero-order valence-electron chi connectivity index (χ0n) is 27.8. The van der Waals surface area contributed by atoms with Crippen LogP contribution in [0.2, 0.25) is 0 Å². The highest BCUT2D eigenvalue weighted by atomic mass is 16.5. The van der Waals surface area contributed by atoms with Gasteiger partial charge in [-0.3, -0.25) is 14.9 Å². The monoisotopic (exact) mass is 659 g/mol. The molecule has 2 atom stereocenters. The molecule has 0 spiro atoms. The lowest BCUT2D eigenvalue weighted by atomic mass is 9.76. The summed E-state index contributed by atoms with van der Waals surface area (Å²) in [5.41, 5.74) is 8.78. The Morgan fingerprint density at radius 2 is 1.36 bits per heavy atom. The summed E-state index contributed by atoms with van der Waals surface area (Å²) in [4.78, 5) is 44.9. The van der Waals surface area contributed by atoms with Gasteiger partial charge in [-0.15, -0.1) is 0 Å². The highest BCUT2D eigenvalue weighted by molar-refractivity contribution is 6.39. The Morgan fingerprint density at radius 1 is 0.740 bits per heavy atom. The minimum Gasteiger partial charge on any atom is -0.488 e. The summed E-state index contributed by atoms with van der Waals surface area (Å²) in [7, 11) is 0. The largest absolute Gasteiger partial charge is 0.488 e. The van der Waals surface area contributed by atoms with Gasteiger partial charge in [0.05, 0.1) is 5.69 Å². The molecule has 1 N–H and O–H groups in total. The average molecular weight is 660 g/mol. The van der Waals surface area contributed by atoms with E-state index in [4.69, 9.17) is 4.74 Å². The molecule has 0 saturated carbocycles. The maximum absolute atomic E-state index is 14.4. The van der Waals surface area contributed by atoms with Crippen LogP contribution in [0.4, 0.5) is 16.2 Å². The number of carbonyl (C=O) groups is 3.